The van der Waals surface area contributed by atoms with Gasteiger partial charge in [0.1, 0.15) is 0 Å². The minimum absolute atomic E-state index is 0.0392. The lowest BCUT2D eigenvalue weighted by molar-refractivity contribution is -0.161. The zero-order valence-corrected chi connectivity index (χ0v) is 23.3. The summed E-state index contributed by atoms with van der Waals surface area (Å²) in [6, 6.07) is 0. The van der Waals surface area contributed by atoms with Crippen LogP contribution in [0.1, 0.15) is 99.8 Å². The van der Waals surface area contributed by atoms with Crippen LogP contribution < -0.4 is 0 Å². The zero-order chi connectivity index (χ0) is 26.0. The third kappa shape index (κ3) is 4.17. The summed E-state index contributed by atoms with van der Waals surface area (Å²) in [5.41, 5.74) is 4.65. The Kier molecular flexibility index (Phi) is 6.76. The zero-order valence-electron chi connectivity index (χ0n) is 23.3. The predicted octanol–water partition coefficient (Wildman–Crippen LogP) is 6.52. The largest absolute Gasteiger partial charge is 0.469 e. The van der Waals surface area contributed by atoms with E-state index in [4.69, 9.17) is 4.74 Å². The number of rotatable bonds is 3. The molecule has 2 fully saturated rings. The van der Waals surface area contributed by atoms with Crippen molar-refractivity contribution in [3.63, 3.8) is 0 Å². The number of allylic oxidation sites excluding steroid dienone is 6. The summed E-state index contributed by atoms with van der Waals surface area (Å²) in [5, 5.41) is 21.7. The second-order valence-corrected chi connectivity index (χ2v) is 13.9. The Hall–Kier alpha value is -1.39. The summed E-state index contributed by atoms with van der Waals surface area (Å²) in [7, 11) is 1.54. The number of hydrogen-bond acceptors (Lipinski definition) is 4. The van der Waals surface area contributed by atoms with Crippen molar-refractivity contribution in [3.8, 4) is 0 Å². The molecule has 4 aliphatic rings. The monoisotopic (exact) mass is 484 g/mol. The van der Waals surface area contributed by atoms with Crippen LogP contribution in [0.5, 0.6) is 0 Å². The van der Waals surface area contributed by atoms with Crippen molar-refractivity contribution in [2.75, 3.05) is 7.11 Å². The maximum atomic E-state index is 13.2. The van der Waals surface area contributed by atoms with Gasteiger partial charge in [-0.25, -0.2) is 0 Å². The molecule has 0 amide bonds. The third-order valence-corrected chi connectivity index (χ3v) is 10.8. The van der Waals surface area contributed by atoms with Gasteiger partial charge in [0.2, 0.25) is 0 Å². The number of esters is 1. The van der Waals surface area contributed by atoms with E-state index in [1.165, 1.54) is 29.4 Å². The van der Waals surface area contributed by atoms with E-state index < -0.39 is 17.6 Å². The molecule has 0 unspecified atom stereocenters. The van der Waals surface area contributed by atoms with E-state index in [1.807, 2.05) is 0 Å². The first-order chi connectivity index (χ1) is 16.2. The first-order valence-electron chi connectivity index (χ1n) is 13.7. The van der Waals surface area contributed by atoms with Gasteiger partial charge in [-0.05, 0) is 98.5 Å². The molecule has 4 nitrogen and oxygen atoms in total. The number of methoxy groups -OCH3 is 1. The molecule has 0 radical (unpaired) electrons. The number of fused-ring (bicyclic) bond motifs is 2. The Labute approximate surface area is 212 Å². The van der Waals surface area contributed by atoms with Gasteiger partial charge in [0.25, 0.3) is 0 Å². The number of carbonyl (C=O) groups excluding carboxylic acids is 1. The fraction of sp³-hybridized carbons (Fsp3) is 0.774. The second kappa shape index (κ2) is 8.87. The molecule has 4 rings (SSSR count). The highest BCUT2D eigenvalue weighted by Gasteiger charge is 2.57. The SMILES string of the molecule is COC(=O)[C@@]12CCC(C)=C(/C=C\C3=C(C)CC[C@H]4C(C)(C)[C@@H](O)[C@H](O)C[C@]34C)[C@@H]1CC(C)(C)CC2. The van der Waals surface area contributed by atoms with E-state index in [1.54, 1.807) is 0 Å². The van der Waals surface area contributed by atoms with Crippen LogP contribution in [0.2, 0.25) is 0 Å². The Morgan fingerprint density at radius 1 is 0.943 bits per heavy atom. The topological polar surface area (TPSA) is 66.8 Å². The molecule has 0 saturated heterocycles. The van der Waals surface area contributed by atoms with Crippen LogP contribution in [0, 0.1) is 33.5 Å². The average molecular weight is 485 g/mol. The van der Waals surface area contributed by atoms with Crippen molar-refractivity contribution in [1.82, 2.24) is 0 Å². The molecule has 0 aromatic rings. The Bertz CT molecular complexity index is 966. The van der Waals surface area contributed by atoms with Gasteiger partial charge in [-0.2, -0.15) is 0 Å². The van der Waals surface area contributed by atoms with Gasteiger partial charge < -0.3 is 14.9 Å². The van der Waals surface area contributed by atoms with Crippen molar-refractivity contribution in [1.29, 1.82) is 0 Å². The van der Waals surface area contributed by atoms with Gasteiger partial charge in [-0.3, -0.25) is 4.79 Å². The van der Waals surface area contributed by atoms with Crippen molar-refractivity contribution in [2.24, 2.45) is 33.5 Å². The summed E-state index contributed by atoms with van der Waals surface area (Å²) in [6.45, 7) is 15.7. The molecule has 35 heavy (non-hydrogen) atoms. The summed E-state index contributed by atoms with van der Waals surface area (Å²) in [6.07, 6.45) is 10.6. The lowest BCUT2D eigenvalue weighted by Crippen LogP contribution is -2.57. The quantitative estimate of drug-likeness (QED) is 0.447. The van der Waals surface area contributed by atoms with Gasteiger partial charge >= 0.3 is 5.97 Å². The van der Waals surface area contributed by atoms with Crippen molar-refractivity contribution in [3.05, 3.63) is 34.4 Å². The minimum Gasteiger partial charge on any atom is -0.469 e. The van der Waals surface area contributed by atoms with Gasteiger partial charge in [0.15, 0.2) is 0 Å². The van der Waals surface area contributed by atoms with E-state index >= 15 is 0 Å². The van der Waals surface area contributed by atoms with E-state index in [0.29, 0.717) is 12.3 Å². The third-order valence-electron chi connectivity index (χ3n) is 10.8. The predicted molar refractivity (Wildman–Crippen MR) is 141 cm³/mol. The summed E-state index contributed by atoms with van der Waals surface area (Å²) in [4.78, 5) is 13.2. The first-order valence-corrected chi connectivity index (χ1v) is 13.7. The summed E-state index contributed by atoms with van der Waals surface area (Å²) < 4.78 is 5.40. The van der Waals surface area contributed by atoms with Gasteiger partial charge in [0, 0.05) is 5.92 Å². The number of aliphatic hydroxyl groups excluding tert-OH is 2. The highest BCUT2D eigenvalue weighted by molar-refractivity contribution is 5.78. The highest BCUT2D eigenvalue weighted by Crippen LogP contribution is 2.61. The molecule has 0 aromatic heterocycles. The molecular formula is C31H48O4. The molecule has 0 aliphatic heterocycles. The lowest BCUT2D eigenvalue weighted by atomic mass is 9.48. The molecule has 2 N–H and O–H groups in total. The fourth-order valence-electron chi connectivity index (χ4n) is 8.64. The van der Waals surface area contributed by atoms with Gasteiger partial charge in [-0.15, -0.1) is 0 Å². The van der Waals surface area contributed by atoms with Crippen LogP contribution in [-0.4, -0.2) is 35.5 Å². The van der Waals surface area contributed by atoms with Crippen LogP contribution in [0.3, 0.4) is 0 Å². The molecule has 4 aliphatic carbocycles. The smallest absolute Gasteiger partial charge is 0.312 e. The second-order valence-electron chi connectivity index (χ2n) is 13.9. The van der Waals surface area contributed by atoms with Crippen molar-refractivity contribution in [2.45, 2.75) is 112 Å². The minimum atomic E-state index is -0.720. The van der Waals surface area contributed by atoms with E-state index in [-0.39, 0.29) is 28.1 Å². The summed E-state index contributed by atoms with van der Waals surface area (Å²) in [5.74, 6) is 0.440. The standard InChI is InChI=1S/C31H48O4/c1-19-13-14-31(27(34)35-8)16-15-28(3,4)17-23(31)21(19)10-11-22-20(2)9-12-25-29(5,6)26(33)24(32)18-30(22,25)7/h10-11,23-26,32-33H,9,12-18H2,1-8H3/b11-10-/t23-,24+,25-,26-,30+,31+/m0/s1. The van der Waals surface area contributed by atoms with Crippen LogP contribution in [0.25, 0.3) is 0 Å². The lowest BCUT2D eigenvalue weighted by Gasteiger charge is -2.58. The molecule has 0 aromatic carbocycles. The molecule has 6 atom stereocenters. The van der Waals surface area contributed by atoms with Crippen LogP contribution in [-0.2, 0) is 9.53 Å². The van der Waals surface area contributed by atoms with E-state index in [2.05, 4.69) is 60.6 Å². The average Bonchev–Trinajstić information content (AvgIpc) is 2.77. The maximum Gasteiger partial charge on any atom is 0.312 e. The molecule has 4 heteroatoms. The Balaban J connectivity index is 1.75. The Morgan fingerprint density at radius 3 is 2.29 bits per heavy atom. The number of hydrogen-bond donors (Lipinski definition) is 2. The highest BCUT2D eigenvalue weighted by atomic mass is 16.5. The molecule has 0 heterocycles. The Morgan fingerprint density at radius 2 is 1.63 bits per heavy atom. The molecule has 196 valence electrons. The number of aliphatic hydroxyl groups is 2. The van der Waals surface area contributed by atoms with Crippen molar-refractivity contribution < 1.29 is 19.7 Å². The first kappa shape index (κ1) is 26.7. The fourth-order valence-corrected chi connectivity index (χ4v) is 8.64. The number of carbonyl (C=O) groups is 1. The van der Waals surface area contributed by atoms with Crippen LogP contribution in [0.15, 0.2) is 34.4 Å². The maximum absolute atomic E-state index is 13.2. The molecule has 0 spiro atoms. The normalized spacial score (nSPS) is 41.0. The van der Waals surface area contributed by atoms with E-state index in [9.17, 15) is 15.0 Å². The number of ether oxygens (including phenoxy) is 1. The van der Waals surface area contributed by atoms with Crippen LogP contribution >= 0.6 is 0 Å². The molecule has 2 saturated carbocycles. The van der Waals surface area contributed by atoms with Gasteiger partial charge in [0.05, 0.1) is 24.7 Å². The van der Waals surface area contributed by atoms with Gasteiger partial charge in [-0.1, -0.05) is 57.9 Å². The summed E-state index contributed by atoms with van der Waals surface area (Å²) >= 11 is 0. The molecular weight excluding hydrogens is 436 g/mol. The molecule has 0 bridgehead atoms. The van der Waals surface area contributed by atoms with Crippen molar-refractivity contribution >= 4 is 5.97 Å². The van der Waals surface area contributed by atoms with Crippen LogP contribution in [0.4, 0.5) is 0 Å². The van der Waals surface area contributed by atoms with E-state index in [0.717, 1.165) is 44.9 Å².